The quantitative estimate of drug-likeness (QED) is 0.662. The fourth-order valence-corrected chi connectivity index (χ4v) is 3.83. The van der Waals surface area contributed by atoms with Crippen LogP contribution in [-0.2, 0) is 4.79 Å². The van der Waals surface area contributed by atoms with Gasteiger partial charge in [-0.05, 0) is 50.1 Å². The molecule has 0 spiro atoms. The molecule has 32 heavy (non-hydrogen) atoms. The first kappa shape index (κ1) is 21.6. The molecule has 1 saturated heterocycles. The summed E-state index contributed by atoms with van der Waals surface area (Å²) in [5, 5.41) is 2.72. The maximum absolute atomic E-state index is 14.5. The van der Waals surface area contributed by atoms with Gasteiger partial charge in [0.25, 0.3) is 5.91 Å². The maximum atomic E-state index is 14.5. The third-order valence-corrected chi connectivity index (χ3v) is 5.62. The predicted octanol–water partition coefficient (Wildman–Crippen LogP) is 4.09. The number of carbonyl (C=O) groups excluding carboxylic acids is 2. The molecule has 0 aliphatic carbocycles. The molecule has 1 aliphatic heterocycles. The summed E-state index contributed by atoms with van der Waals surface area (Å²) in [4.78, 5) is 30.7. The van der Waals surface area contributed by atoms with Crippen molar-refractivity contribution in [1.82, 2.24) is 14.5 Å². The molecule has 1 aromatic heterocycles. The summed E-state index contributed by atoms with van der Waals surface area (Å²) in [5.41, 5.74) is 0.469. The fourth-order valence-electron chi connectivity index (χ4n) is 3.83. The number of carbonyl (C=O) groups is 2. The molecule has 4 rings (SSSR count). The Morgan fingerprint density at radius 1 is 1.03 bits per heavy atom. The van der Waals surface area contributed by atoms with Gasteiger partial charge in [0, 0.05) is 43.2 Å². The Balaban J connectivity index is 1.36. The minimum atomic E-state index is -0.911. The summed E-state index contributed by atoms with van der Waals surface area (Å²) in [6.45, 7) is 2.29. The number of hydrogen-bond donors (Lipinski definition) is 1. The molecule has 0 bridgehead atoms. The molecule has 1 fully saturated rings. The largest absolute Gasteiger partial charge is 0.339 e. The fraction of sp³-hybridized carbons (Fsp3) is 0.261. The van der Waals surface area contributed by atoms with E-state index in [-0.39, 0.29) is 30.5 Å². The number of likely N-dealkylation sites (tertiary alicyclic amines) is 1. The molecule has 0 unspecified atom stereocenters. The number of amides is 2. The molecule has 166 valence electrons. The van der Waals surface area contributed by atoms with Gasteiger partial charge in [-0.3, -0.25) is 9.59 Å². The number of benzene rings is 2. The summed E-state index contributed by atoms with van der Waals surface area (Å²) in [7, 11) is 0. The number of imidazole rings is 1. The van der Waals surface area contributed by atoms with Crippen LogP contribution in [0.1, 0.15) is 29.0 Å². The molecule has 0 saturated carbocycles. The Bertz CT molecular complexity index is 1170. The Morgan fingerprint density at radius 3 is 2.41 bits per heavy atom. The minimum Gasteiger partial charge on any atom is -0.339 e. The van der Waals surface area contributed by atoms with Crippen LogP contribution in [0.4, 0.5) is 18.9 Å². The van der Waals surface area contributed by atoms with E-state index in [2.05, 4.69) is 10.3 Å². The highest BCUT2D eigenvalue weighted by molar-refractivity contribution is 5.95. The van der Waals surface area contributed by atoms with E-state index in [9.17, 15) is 22.8 Å². The number of aromatic nitrogens is 2. The number of anilines is 1. The highest BCUT2D eigenvalue weighted by Crippen LogP contribution is 2.24. The van der Waals surface area contributed by atoms with Crippen molar-refractivity contribution in [1.29, 1.82) is 0 Å². The van der Waals surface area contributed by atoms with Crippen molar-refractivity contribution in [3.05, 3.63) is 77.6 Å². The van der Waals surface area contributed by atoms with Crippen LogP contribution in [0.15, 0.2) is 48.8 Å². The number of aryl methyl sites for hydroxylation is 1. The molecule has 9 heteroatoms. The van der Waals surface area contributed by atoms with Crippen molar-refractivity contribution in [2.45, 2.75) is 19.8 Å². The molecular formula is C23H21F3N4O2. The van der Waals surface area contributed by atoms with Crippen molar-refractivity contribution in [2.75, 3.05) is 18.4 Å². The Kier molecular flexibility index (Phi) is 5.98. The van der Waals surface area contributed by atoms with Gasteiger partial charge in [0.2, 0.25) is 5.91 Å². The standard InChI is InChI=1S/C23H21F3N4O2/c1-14-27-8-11-30(14)21-5-3-17(13-20(21)26)28-22(31)15-6-9-29(10-7-15)23(32)18-4-2-16(24)12-19(18)25/h2-5,8,11-13,15H,6-7,9-10H2,1H3,(H,28,31). The maximum Gasteiger partial charge on any atom is 0.256 e. The predicted molar refractivity (Wildman–Crippen MR) is 112 cm³/mol. The van der Waals surface area contributed by atoms with E-state index in [0.29, 0.717) is 36.1 Å². The average Bonchev–Trinajstić information content (AvgIpc) is 3.19. The first-order chi connectivity index (χ1) is 15.3. The van der Waals surface area contributed by atoms with E-state index in [1.807, 2.05) is 0 Å². The number of nitrogens with zero attached hydrogens (tertiary/aromatic N) is 3. The van der Waals surface area contributed by atoms with Crippen molar-refractivity contribution >= 4 is 17.5 Å². The van der Waals surface area contributed by atoms with E-state index in [4.69, 9.17) is 0 Å². The van der Waals surface area contributed by atoms with Crippen molar-refractivity contribution in [3.8, 4) is 5.69 Å². The number of piperidine rings is 1. The molecular weight excluding hydrogens is 421 g/mol. The summed E-state index contributed by atoms with van der Waals surface area (Å²) in [5.74, 6) is -2.68. The van der Waals surface area contributed by atoms with Crippen molar-refractivity contribution in [2.24, 2.45) is 5.92 Å². The normalized spacial score (nSPS) is 14.4. The van der Waals surface area contributed by atoms with Gasteiger partial charge in [0.1, 0.15) is 23.3 Å². The SMILES string of the molecule is Cc1nccn1-c1ccc(NC(=O)C2CCN(C(=O)c3ccc(F)cc3F)CC2)cc1F. The minimum absolute atomic E-state index is 0.196. The van der Waals surface area contributed by atoms with E-state index in [0.717, 1.165) is 12.1 Å². The van der Waals surface area contributed by atoms with Crippen LogP contribution < -0.4 is 5.32 Å². The summed E-state index contributed by atoms with van der Waals surface area (Å²) in [6, 6.07) is 7.27. The molecule has 2 amide bonds. The van der Waals surface area contributed by atoms with Gasteiger partial charge in [-0.2, -0.15) is 0 Å². The van der Waals surface area contributed by atoms with E-state index < -0.39 is 23.4 Å². The first-order valence-corrected chi connectivity index (χ1v) is 10.2. The lowest BCUT2D eigenvalue weighted by molar-refractivity contribution is -0.121. The third kappa shape index (κ3) is 4.37. The Morgan fingerprint density at radius 2 is 1.78 bits per heavy atom. The molecule has 6 nitrogen and oxygen atoms in total. The number of hydrogen-bond acceptors (Lipinski definition) is 3. The van der Waals surface area contributed by atoms with E-state index in [1.54, 1.807) is 36.0 Å². The highest BCUT2D eigenvalue weighted by atomic mass is 19.1. The van der Waals surface area contributed by atoms with Crippen LogP contribution in [0.25, 0.3) is 5.69 Å². The highest BCUT2D eigenvalue weighted by Gasteiger charge is 2.29. The van der Waals surface area contributed by atoms with Crippen LogP contribution in [0.2, 0.25) is 0 Å². The molecule has 0 atom stereocenters. The van der Waals surface area contributed by atoms with Gasteiger partial charge in [0.15, 0.2) is 0 Å². The average molecular weight is 442 g/mol. The molecule has 2 aromatic carbocycles. The number of nitrogens with one attached hydrogen (secondary N) is 1. The lowest BCUT2D eigenvalue weighted by Crippen LogP contribution is -2.41. The van der Waals surface area contributed by atoms with E-state index >= 15 is 0 Å². The van der Waals surface area contributed by atoms with Gasteiger partial charge in [-0.25, -0.2) is 18.2 Å². The Labute approximate surface area is 182 Å². The van der Waals surface area contributed by atoms with Gasteiger partial charge < -0.3 is 14.8 Å². The summed E-state index contributed by atoms with van der Waals surface area (Å²) < 4.78 is 43.1. The molecule has 3 aromatic rings. The van der Waals surface area contributed by atoms with Crippen LogP contribution in [0.5, 0.6) is 0 Å². The second-order valence-corrected chi connectivity index (χ2v) is 7.69. The zero-order valence-electron chi connectivity index (χ0n) is 17.3. The monoisotopic (exact) mass is 442 g/mol. The van der Waals surface area contributed by atoms with Gasteiger partial charge in [-0.15, -0.1) is 0 Å². The van der Waals surface area contributed by atoms with Gasteiger partial charge in [-0.1, -0.05) is 0 Å². The topological polar surface area (TPSA) is 67.2 Å². The van der Waals surface area contributed by atoms with E-state index in [1.165, 1.54) is 11.0 Å². The van der Waals surface area contributed by atoms with Crippen LogP contribution in [0.3, 0.4) is 0 Å². The molecule has 2 heterocycles. The van der Waals surface area contributed by atoms with Crippen LogP contribution in [-0.4, -0.2) is 39.4 Å². The molecule has 1 aliphatic rings. The van der Waals surface area contributed by atoms with Gasteiger partial charge >= 0.3 is 0 Å². The lowest BCUT2D eigenvalue weighted by atomic mass is 9.95. The van der Waals surface area contributed by atoms with Gasteiger partial charge in [0.05, 0.1) is 11.3 Å². The van der Waals surface area contributed by atoms with Crippen molar-refractivity contribution < 1.29 is 22.8 Å². The van der Waals surface area contributed by atoms with Crippen LogP contribution >= 0.6 is 0 Å². The number of rotatable bonds is 4. The summed E-state index contributed by atoms with van der Waals surface area (Å²) >= 11 is 0. The molecule has 0 radical (unpaired) electrons. The first-order valence-electron chi connectivity index (χ1n) is 10.2. The zero-order valence-corrected chi connectivity index (χ0v) is 17.3. The third-order valence-electron chi connectivity index (χ3n) is 5.62. The van der Waals surface area contributed by atoms with Crippen LogP contribution in [0, 0.1) is 30.3 Å². The summed E-state index contributed by atoms with van der Waals surface area (Å²) in [6.07, 6.45) is 4.00. The number of halogens is 3. The smallest absolute Gasteiger partial charge is 0.256 e. The second-order valence-electron chi connectivity index (χ2n) is 7.69. The second kappa shape index (κ2) is 8.86. The lowest BCUT2D eigenvalue weighted by Gasteiger charge is -2.31. The van der Waals surface area contributed by atoms with Crippen molar-refractivity contribution in [3.63, 3.8) is 0 Å². The zero-order chi connectivity index (χ0) is 22.8. The Hall–Kier alpha value is -3.62. The molecule has 1 N–H and O–H groups in total.